The molecule has 2 atom stereocenters. The fourth-order valence-corrected chi connectivity index (χ4v) is 5.95. The Hall–Kier alpha value is -5.06. The number of aryl methyl sites for hydroxylation is 1. The predicted molar refractivity (Wildman–Crippen MR) is 180 cm³/mol. The van der Waals surface area contributed by atoms with Crippen LogP contribution >= 0.6 is 0 Å². The standard InChI is InChI=1S/C37H44N4O7/c1-41-27(22-25-10-5-4-6-11-25)24-48-30-14-8-7-13-28(30)34(43)39-29(16-18-33(42)40-37(19-20-37)36(41)45)35(44)38-21-9-12-26-15-17-31(46-2)32(23-26)47-3/h4-8,10-11,13-15,17,23,27,29H,9,12,16,18-22,24H2,1-3H3,(H,38,44)(H,39,43)(H,40,42)/t27-,29-/m0/s1. The summed E-state index contributed by atoms with van der Waals surface area (Å²) < 4.78 is 16.9. The lowest BCUT2D eigenvalue weighted by molar-refractivity contribution is -0.139. The average Bonchev–Trinajstić information content (AvgIpc) is 3.89. The first kappa shape index (κ1) is 34.3. The molecule has 1 aliphatic heterocycles. The second-order valence-corrected chi connectivity index (χ2v) is 12.3. The maximum absolute atomic E-state index is 13.8. The van der Waals surface area contributed by atoms with Crippen molar-refractivity contribution in [2.75, 3.05) is 34.4 Å². The summed E-state index contributed by atoms with van der Waals surface area (Å²) in [4.78, 5) is 55.7. The van der Waals surface area contributed by atoms with Crippen LogP contribution in [0, 0.1) is 0 Å². The maximum Gasteiger partial charge on any atom is 0.255 e. The number of nitrogens with zero attached hydrogens (tertiary/aromatic N) is 1. The Morgan fingerprint density at radius 1 is 0.958 bits per heavy atom. The zero-order valence-electron chi connectivity index (χ0n) is 27.8. The Morgan fingerprint density at radius 3 is 2.42 bits per heavy atom. The van der Waals surface area contributed by atoms with E-state index in [1.165, 1.54) is 0 Å². The van der Waals surface area contributed by atoms with E-state index in [0.29, 0.717) is 55.9 Å². The molecule has 3 aromatic rings. The molecule has 0 bridgehead atoms. The van der Waals surface area contributed by atoms with Crippen molar-refractivity contribution in [3.8, 4) is 17.2 Å². The molecule has 3 N–H and O–H groups in total. The third-order valence-corrected chi connectivity index (χ3v) is 8.95. The second-order valence-electron chi connectivity index (χ2n) is 12.3. The van der Waals surface area contributed by atoms with Crippen molar-refractivity contribution in [2.24, 2.45) is 0 Å². The highest BCUT2D eigenvalue weighted by Gasteiger charge is 2.53. The van der Waals surface area contributed by atoms with Gasteiger partial charge in [0.2, 0.25) is 17.7 Å². The van der Waals surface area contributed by atoms with E-state index in [1.54, 1.807) is 50.4 Å². The van der Waals surface area contributed by atoms with E-state index in [-0.39, 0.29) is 42.9 Å². The molecule has 0 saturated heterocycles. The van der Waals surface area contributed by atoms with Gasteiger partial charge in [-0.1, -0.05) is 48.5 Å². The van der Waals surface area contributed by atoms with E-state index in [4.69, 9.17) is 14.2 Å². The number of likely N-dealkylation sites (N-methyl/N-ethyl adjacent to an activating group) is 1. The summed E-state index contributed by atoms with van der Waals surface area (Å²) in [5.74, 6) is 0.199. The quantitative estimate of drug-likeness (QED) is 0.301. The number of para-hydroxylation sites is 1. The Kier molecular flexibility index (Phi) is 11.2. The molecular formula is C37H44N4O7. The van der Waals surface area contributed by atoms with Crippen LogP contribution in [0.15, 0.2) is 72.8 Å². The van der Waals surface area contributed by atoms with Crippen LogP contribution < -0.4 is 30.2 Å². The number of fused-ring (bicyclic) bond motifs is 1. The number of amides is 4. The van der Waals surface area contributed by atoms with E-state index in [9.17, 15) is 19.2 Å². The van der Waals surface area contributed by atoms with Crippen molar-refractivity contribution in [1.82, 2.24) is 20.9 Å². The van der Waals surface area contributed by atoms with Gasteiger partial charge in [0, 0.05) is 20.0 Å². The smallest absolute Gasteiger partial charge is 0.255 e. The molecule has 1 spiro atoms. The molecule has 0 unspecified atom stereocenters. The number of nitrogens with one attached hydrogen (secondary N) is 3. The van der Waals surface area contributed by atoms with Gasteiger partial charge in [0.1, 0.15) is 23.9 Å². The molecule has 1 aliphatic carbocycles. The van der Waals surface area contributed by atoms with Crippen LogP contribution in [0.4, 0.5) is 0 Å². The molecule has 5 rings (SSSR count). The van der Waals surface area contributed by atoms with Crippen molar-refractivity contribution >= 4 is 23.6 Å². The van der Waals surface area contributed by atoms with Crippen LogP contribution in [-0.4, -0.2) is 80.6 Å². The van der Waals surface area contributed by atoms with Crippen molar-refractivity contribution in [3.63, 3.8) is 0 Å². The lowest BCUT2D eigenvalue weighted by atomic mass is 10.0. The van der Waals surface area contributed by atoms with Gasteiger partial charge in [-0.3, -0.25) is 19.2 Å². The molecule has 0 radical (unpaired) electrons. The van der Waals surface area contributed by atoms with E-state index >= 15 is 0 Å². The summed E-state index contributed by atoms with van der Waals surface area (Å²) in [6, 6.07) is 21.0. The van der Waals surface area contributed by atoms with Crippen molar-refractivity contribution < 1.29 is 33.4 Å². The van der Waals surface area contributed by atoms with Crippen molar-refractivity contribution in [1.29, 1.82) is 0 Å². The number of hydrogen-bond acceptors (Lipinski definition) is 7. The van der Waals surface area contributed by atoms with E-state index in [0.717, 1.165) is 11.1 Å². The summed E-state index contributed by atoms with van der Waals surface area (Å²) >= 11 is 0. The third-order valence-electron chi connectivity index (χ3n) is 8.95. The number of benzene rings is 3. The fourth-order valence-electron chi connectivity index (χ4n) is 5.95. The van der Waals surface area contributed by atoms with Gasteiger partial charge in [-0.15, -0.1) is 0 Å². The van der Waals surface area contributed by atoms with Crippen molar-refractivity contribution in [2.45, 2.75) is 62.6 Å². The van der Waals surface area contributed by atoms with E-state index in [2.05, 4.69) is 16.0 Å². The van der Waals surface area contributed by atoms with Crippen molar-refractivity contribution in [3.05, 3.63) is 89.5 Å². The minimum atomic E-state index is -0.984. The van der Waals surface area contributed by atoms with Crippen LogP contribution in [0.2, 0.25) is 0 Å². The number of methoxy groups -OCH3 is 2. The predicted octanol–water partition coefficient (Wildman–Crippen LogP) is 3.44. The monoisotopic (exact) mass is 656 g/mol. The summed E-state index contributed by atoms with van der Waals surface area (Å²) in [6.07, 6.45) is 2.92. The molecule has 11 heteroatoms. The number of ether oxygens (including phenoxy) is 3. The fraction of sp³-hybridized carbons (Fsp3) is 0.405. The Bertz CT molecular complexity index is 1610. The first-order valence-electron chi connectivity index (χ1n) is 16.4. The molecule has 1 saturated carbocycles. The van der Waals surface area contributed by atoms with Crippen LogP contribution in [0.3, 0.4) is 0 Å². The van der Waals surface area contributed by atoms with Gasteiger partial charge in [0.15, 0.2) is 11.5 Å². The van der Waals surface area contributed by atoms with Gasteiger partial charge in [-0.25, -0.2) is 0 Å². The topological polar surface area (TPSA) is 135 Å². The number of carbonyl (C=O) groups is 4. The zero-order chi connectivity index (χ0) is 34.1. The largest absolute Gasteiger partial charge is 0.493 e. The van der Waals surface area contributed by atoms with Gasteiger partial charge < -0.3 is 35.1 Å². The molecule has 254 valence electrons. The summed E-state index contributed by atoms with van der Waals surface area (Å²) in [6.45, 7) is 0.480. The first-order chi connectivity index (χ1) is 23.2. The number of carbonyl (C=O) groups excluding carboxylic acids is 4. The van der Waals surface area contributed by atoms with Gasteiger partial charge in [-0.2, -0.15) is 0 Å². The molecule has 0 aromatic heterocycles. The minimum Gasteiger partial charge on any atom is -0.493 e. The van der Waals surface area contributed by atoms with Gasteiger partial charge >= 0.3 is 0 Å². The minimum absolute atomic E-state index is 0.0473. The third kappa shape index (κ3) is 8.44. The Morgan fingerprint density at radius 2 is 1.69 bits per heavy atom. The zero-order valence-corrected chi connectivity index (χ0v) is 27.8. The van der Waals surface area contributed by atoms with Crippen LogP contribution in [0.25, 0.3) is 0 Å². The first-order valence-corrected chi connectivity index (χ1v) is 16.4. The molecular weight excluding hydrogens is 612 g/mol. The summed E-state index contributed by atoms with van der Waals surface area (Å²) in [5.41, 5.74) is 1.33. The van der Waals surface area contributed by atoms with Gasteiger partial charge in [0.25, 0.3) is 5.91 Å². The molecule has 4 amide bonds. The van der Waals surface area contributed by atoms with E-state index in [1.807, 2.05) is 48.5 Å². The summed E-state index contributed by atoms with van der Waals surface area (Å²) in [5, 5.41) is 8.69. The molecule has 3 aromatic carbocycles. The Labute approximate surface area is 281 Å². The highest BCUT2D eigenvalue weighted by molar-refractivity contribution is 6.00. The van der Waals surface area contributed by atoms with Crippen LogP contribution in [0.1, 0.15) is 53.6 Å². The SMILES string of the molecule is COc1ccc(CCCNC(=O)[C@@H]2CCC(=O)NC3(CC3)C(=O)N(C)[C@@H](Cc3ccccc3)COc3ccccc3C(=O)N2)cc1OC. The second kappa shape index (κ2) is 15.7. The molecule has 1 heterocycles. The lowest BCUT2D eigenvalue weighted by Crippen LogP contribution is -2.54. The molecule has 48 heavy (non-hydrogen) atoms. The van der Waals surface area contributed by atoms with Gasteiger partial charge in [-0.05, 0) is 73.9 Å². The summed E-state index contributed by atoms with van der Waals surface area (Å²) in [7, 11) is 4.89. The van der Waals surface area contributed by atoms with Crippen LogP contribution in [-0.2, 0) is 27.2 Å². The highest BCUT2D eigenvalue weighted by atomic mass is 16.5. The Balaban J connectivity index is 1.31. The average molecular weight is 657 g/mol. The molecule has 2 aliphatic rings. The number of rotatable bonds is 9. The normalized spacial score (nSPS) is 19.5. The van der Waals surface area contributed by atoms with Crippen LogP contribution in [0.5, 0.6) is 17.2 Å². The molecule has 1 fully saturated rings. The lowest BCUT2D eigenvalue weighted by Gasteiger charge is -2.32. The maximum atomic E-state index is 13.8. The number of hydrogen-bond donors (Lipinski definition) is 3. The van der Waals surface area contributed by atoms with E-state index < -0.39 is 23.4 Å². The highest BCUT2D eigenvalue weighted by Crippen LogP contribution is 2.38. The molecule has 11 nitrogen and oxygen atoms in total. The van der Waals surface area contributed by atoms with Gasteiger partial charge in [0.05, 0.1) is 25.8 Å².